The van der Waals surface area contributed by atoms with Crippen LogP contribution in [0, 0.1) is 0 Å². The van der Waals surface area contributed by atoms with Gasteiger partial charge < -0.3 is 4.74 Å². The van der Waals surface area contributed by atoms with Gasteiger partial charge in [0.25, 0.3) is 0 Å². The van der Waals surface area contributed by atoms with Gasteiger partial charge >= 0.3 is 0 Å². The Kier molecular flexibility index (Phi) is 4.23. The first kappa shape index (κ1) is 13.6. The van der Waals surface area contributed by atoms with E-state index in [1.165, 1.54) is 16.7 Å². The van der Waals surface area contributed by atoms with E-state index in [-0.39, 0.29) is 12.4 Å². The van der Waals surface area contributed by atoms with Crippen molar-refractivity contribution in [1.29, 1.82) is 0 Å². The van der Waals surface area contributed by atoms with Crippen LogP contribution in [0.5, 0.6) is 5.75 Å². The number of pyridine rings is 1. The fraction of sp³-hybridized carbons (Fsp3) is 0.188. The second kappa shape index (κ2) is 5.89. The van der Waals surface area contributed by atoms with Gasteiger partial charge in [0.15, 0.2) is 0 Å². The van der Waals surface area contributed by atoms with E-state index >= 15 is 0 Å². The van der Waals surface area contributed by atoms with Gasteiger partial charge in [0.1, 0.15) is 5.75 Å². The van der Waals surface area contributed by atoms with Gasteiger partial charge in [-0.1, -0.05) is 12.1 Å². The normalized spacial score (nSPS) is 14.9. The number of nitrogens with zero attached hydrogens (tertiary/aromatic N) is 1. The molecule has 19 heavy (non-hydrogen) atoms. The first-order valence-corrected chi connectivity index (χ1v) is 6.15. The summed E-state index contributed by atoms with van der Waals surface area (Å²) in [6, 6.07) is 10.4. The number of hydrogen-bond donors (Lipinski definition) is 0. The Balaban J connectivity index is 0.00000133. The van der Waals surface area contributed by atoms with Crippen molar-refractivity contribution in [3.8, 4) is 5.75 Å². The van der Waals surface area contributed by atoms with Gasteiger partial charge in [-0.05, 0) is 59.4 Å². The molecule has 0 spiro atoms. The van der Waals surface area contributed by atoms with Crippen molar-refractivity contribution >= 4 is 24.1 Å². The number of benzene rings is 1. The fourth-order valence-electron chi connectivity index (χ4n) is 2.43. The molecule has 2 aromatic rings. The van der Waals surface area contributed by atoms with Crippen LogP contribution in [0.4, 0.5) is 0 Å². The standard InChI is InChI=1S/C16H15NO.ClH/c1-18-15-6-7-16-13(4-5-14(16)10-15)9-12-3-2-8-17-11-12;/h2-3,6-11H,4-5H2,1H3;1H. The minimum Gasteiger partial charge on any atom is -0.497 e. The van der Waals surface area contributed by atoms with Gasteiger partial charge in [0, 0.05) is 12.4 Å². The van der Waals surface area contributed by atoms with E-state index in [0.29, 0.717) is 0 Å². The Hall–Kier alpha value is -1.80. The van der Waals surface area contributed by atoms with Crippen LogP contribution in [-0.4, -0.2) is 12.1 Å². The number of ether oxygens (including phenoxy) is 1. The smallest absolute Gasteiger partial charge is 0.119 e. The largest absolute Gasteiger partial charge is 0.497 e. The molecule has 0 unspecified atom stereocenters. The second-order valence-corrected chi connectivity index (χ2v) is 4.48. The molecule has 1 aromatic carbocycles. The van der Waals surface area contributed by atoms with Crippen LogP contribution in [0.25, 0.3) is 11.6 Å². The predicted octanol–water partition coefficient (Wildman–Crippen LogP) is 4.00. The van der Waals surface area contributed by atoms with Crippen molar-refractivity contribution in [1.82, 2.24) is 4.98 Å². The monoisotopic (exact) mass is 273 g/mol. The Morgan fingerprint density at radius 1 is 1.21 bits per heavy atom. The van der Waals surface area contributed by atoms with E-state index < -0.39 is 0 Å². The summed E-state index contributed by atoms with van der Waals surface area (Å²) in [6.45, 7) is 0. The average Bonchev–Trinajstić information content (AvgIpc) is 2.82. The maximum Gasteiger partial charge on any atom is 0.119 e. The highest BCUT2D eigenvalue weighted by molar-refractivity contribution is 5.85. The third-order valence-electron chi connectivity index (χ3n) is 3.35. The lowest BCUT2D eigenvalue weighted by Crippen LogP contribution is -1.86. The Morgan fingerprint density at radius 2 is 2.11 bits per heavy atom. The van der Waals surface area contributed by atoms with Crippen LogP contribution in [-0.2, 0) is 6.42 Å². The Labute approximate surface area is 119 Å². The van der Waals surface area contributed by atoms with E-state index in [4.69, 9.17) is 4.74 Å². The molecule has 0 bridgehead atoms. The summed E-state index contributed by atoms with van der Waals surface area (Å²) in [6.07, 6.45) is 8.12. The molecule has 0 atom stereocenters. The third kappa shape index (κ3) is 2.79. The zero-order valence-corrected chi connectivity index (χ0v) is 11.6. The summed E-state index contributed by atoms with van der Waals surface area (Å²) < 4.78 is 5.26. The van der Waals surface area contributed by atoms with Crippen LogP contribution in [0.3, 0.4) is 0 Å². The number of halogens is 1. The molecule has 98 valence electrons. The summed E-state index contributed by atoms with van der Waals surface area (Å²) in [5.74, 6) is 0.941. The van der Waals surface area contributed by atoms with Crippen molar-refractivity contribution in [2.45, 2.75) is 12.8 Å². The zero-order chi connectivity index (χ0) is 12.4. The number of fused-ring (bicyclic) bond motifs is 1. The molecule has 0 saturated carbocycles. The van der Waals surface area contributed by atoms with Crippen molar-refractivity contribution < 1.29 is 4.74 Å². The molecule has 0 radical (unpaired) electrons. The molecule has 1 aromatic heterocycles. The minimum atomic E-state index is 0. The van der Waals surface area contributed by atoms with Gasteiger partial charge in [-0.3, -0.25) is 4.98 Å². The van der Waals surface area contributed by atoms with Crippen molar-refractivity contribution in [2.24, 2.45) is 0 Å². The molecular weight excluding hydrogens is 258 g/mol. The zero-order valence-electron chi connectivity index (χ0n) is 10.8. The first-order valence-electron chi connectivity index (χ1n) is 6.15. The fourth-order valence-corrected chi connectivity index (χ4v) is 2.43. The van der Waals surface area contributed by atoms with E-state index in [2.05, 4.69) is 29.3 Å². The van der Waals surface area contributed by atoms with E-state index in [1.54, 1.807) is 13.3 Å². The Morgan fingerprint density at radius 3 is 2.84 bits per heavy atom. The molecule has 0 saturated heterocycles. The molecule has 0 aliphatic heterocycles. The molecule has 0 amide bonds. The van der Waals surface area contributed by atoms with E-state index in [0.717, 1.165) is 24.2 Å². The van der Waals surface area contributed by atoms with Crippen molar-refractivity contribution in [3.63, 3.8) is 0 Å². The Bertz CT molecular complexity index is 593. The molecule has 1 aliphatic rings. The minimum absolute atomic E-state index is 0. The number of hydrogen-bond acceptors (Lipinski definition) is 2. The van der Waals surface area contributed by atoms with Crippen LogP contribution in [0.1, 0.15) is 23.1 Å². The van der Waals surface area contributed by atoms with Crippen LogP contribution in [0.2, 0.25) is 0 Å². The van der Waals surface area contributed by atoms with Gasteiger partial charge in [-0.15, -0.1) is 12.4 Å². The molecule has 1 heterocycles. The number of aromatic nitrogens is 1. The molecule has 3 rings (SSSR count). The lowest BCUT2D eigenvalue weighted by molar-refractivity contribution is 0.414. The number of methoxy groups -OCH3 is 1. The lowest BCUT2D eigenvalue weighted by atomic mass is 10.1. The number of aryl methyl sites for hydroxylation is 1. The maximum absolute atomic E-state index is 5.26. The molecule has 2 nitrogen and oxygen atoms in total. The van der Waals surface area contributed by atoms with E-state index in [9.17, 15) is 0 Å². The lowest BCUT2D eigenvalue weighted by Gasteiger charge is -2.04. The van der Waals surface area contributed by atoms with Crippen LogP contribution >= 0.6 is 12.4 Å². The van der Waals surface area contributed by atoms with Crippen molar-refractivity contribution in [3.05, 3.63) is 59.4 Å². The summed E-state index contributed by atoms with van der Waals surface area (Å²) in [7, 11) is 1.71. The van der Waals surface area contributed by atoms with E-state index in [1.807, 2.05) is 18.3 Å². The van der Waals surface area contributed by atoms with Gasteiger partial charge in [0.2, 0.25) is 0 Å². The molecule has 3 heteroatoms. The van der Waals surface area contributed by atoms with Gasteiger partial charge in [0.05, 0.1) is 7.11 Å². The van der Waals surface area contributed by atoms with Gasteiger partial charge in [-0.2, -0.15) is 0 Å². The maximum atomic E-state index is 5.26. The highest BCUT2D eigenvalue weighted by Crippen LogP contribution is 2.35. The van der Waals surface area contributed by atoms with Crippen LogP contribution < -0.4 is 4.74 Å². The average molecular weight is 274 g/mol. The summed E-state index contributed by atoms with van der Waals surface area (Å²) in [5.41, 5.74) is 5.28. The summed E-state index contributed by atoms with van der Waals surface area (Å²) >= 11 is 0. The number of allylic oxidation sites excluding steroid dienone is 1. The number of rotatable bonds is 2. The highest BCUT2D eigenvalue weighted by Gasteiger charge is 2.16. The molecule has 0 N–H and O–H groups in total. The third-order valence-corrected chi connectivity index (χ3v) is 3.35. The molecular formula is C16H16ClNO. The highest BCUT2D eigenvalue weighted by atomic mass is 35.5. The summed E-state index contributed by atoms with van der Waals surface area (Å²) in [4.78, 5) is 4.15. The molecule has 0 fully saturated rings. The second-order valence-electron chi connectivity index (χ2n) is 4.48. The van der Waals surface area contributed by atoms with Gasteiger partial charge in [-0.25, -0.2) is 0 Å². The topological polar surface area (TPSA) is 22.1 Å². The molecule has 1 aliphatic carbocycles. The quantitative estimate of drug-likeness (QED) is 0.825. The van der Waals surface area contributed by atoms with Crippen molar-refractivity contribution in [2.75, 3.05) is 7.11 Å². The SMILES string of the molecule is COc1ccc2c(c1)CCC2=Cc1cccnc1.Cl. The summed E-state index contributed by atoms with van der Waals surface area (Å²) in [5, 5.41) is 0. The van der Waals surface area contributed by atoms with Crippen LogP contribution in [0.15, 0.2) is 42.7 Å². The predicted molar refractivity (Wildman–Crippen MR) is 80.7 cm³/mol. The first-order chi connectivity index (χ1) is 8.86.